The van der Waals surface area contributed by atoms with Crippen molar-refractivity contribution in [2.75, 3.05) is 53.4 Å². The second-order valence-corrected chi connectivity index (χ2v) is 22.4. The first-order valence-electron chi connectivity index (χ1n) is 24.8. The SMILES string of the molecule is CSC1SCC2C(=O)N(C)C(C(C)C)C(=O)OCC(NC(=O)c3cnc4ccc(Cl)cc4n3)C(=O)NC(C)C(=O)N(C)C1C(=O)N(C)C(C(C)C)C(=O)OCC(NC(=O)c1cnc3ccccc3n1)C(=O)NC(C)C(=O)N2C. The first-order valence-corrected chi connectivity index (χ1v) is 27.5. The summed E-state index contributed by atoms with van der Waals surface area (Å²) in [6, 6.07) is -0.413. The Bertz CT molecular complexity index is 2990. The Morgan fingerprint density at radius 1 is 0.654 bits per heavy atom. The molecule has 0 aliphatic carbocycles. The minimum atomic E-state index is -1.69. The molecule has 4 aromatic rings. The van der Waals surface area contributed by atoms with Gasteiger partial charge in [0.2, 0.25) is 35.4 Å². The summed E-state index contributed by atoms with van der Waals surface area (Å²) in [5.74, 6) is -10.5. The van der Waals surface area contributed by atoms with E-state index < -0.39 is 137 Å². The first-order chi connectivity index (χ1) is 36.8. The number of halogens is 1. The molecule has 2 bridgehead atoms. The van der Waals surface area contributed by atoms with Crippen LogP contribution < -0.4 is 21.3 Å². The molecule has 2 aliphatic heterocycles. The number of hydrogen-bond donors (Lipinski definition) is 4. The molecule has 4 N–H and O–H groups in total. The fourth-order valence-electron chi connectivity index (χ4n) is 8.91. The van der Waals surface area contributed by atoms with E-state index >= 15 is 9.59 Å². The summed E-state index contributed by atoms with van der Waals surface area (Å²) in [5.41, 5.74) is 1.13. The highest BCUT2D eigenvalue weighted by molar-refractivity contribution is 8.16. The average molecular weight is 1140 g/mol. The van der Waals surface area contributed by atoms with E-state index in [4.69, 9.17) is 21.1 Å². The Hall–Kier alpha value is -7.19. The van der Waals surface area contributed by atoms with Crippen LogP contribution in [0.5, 0.6) is 0 Å². The van der Waals surface area contributed by atoms with Crippen molar-refractivity contribution in [1.29, 1.82) is 0 Å². The number of esters is 2. The summed E-state index contributed by atoms with van der Waals surface area (Å²) in [4.78, 5) is 166. The van der Waals surface area contributed by atoms with Crippen molar-refractivity contribution in [2.24, 2.45) is 11.8 Å². The van der Waals surface area contributed by atoms with Crippen LogP contribution in [0.15, 0.2) is 54.9 Å². The van der Waals surface area contributed by atoms with Gasteiger partial charge in [-0.3, -0.25) is 48.3 Å². The lowest BCUT2D eigenvalue weighted by atomic mass is 10.0. The van der Waals surface area contributed by atoms with E-state index in [1.807, 2.05) is 0 Å². The van der Waals surface area contributed by atoms with Crippen LogP contribution in [0.1, 0.15) is 62.5 Å². The molecule has 8 amide bonds. The minimum absolute atomic E-state index is 0.185. The van der Waals surface area contributed by atoms with Crippen molar-refractivity contribution in [2.45, 2.75) is 94.5 Å². The molecule has 9 unspecified atom stereocenters. The lowest BCUT2D eigenvalue weighted by molar-refractivity contribution is -0.160. The Kier molecular flexibility index (Phi) is 20.0. The summed E-state index contributed by atoms with van der Waals surface area (Å²) in [6.07, 6.45) is 4.02. The van der Waals surface area contributed by atoms with Gasteiger partial charge in [0.05, 0.1) is 39.0 Å². The highest BCUT2D eigenvalue weighted by atomic mass is 35.5. The number of nitrogens with zero attached hydrogens (tertiary/aromatic N) is 8. The monoisotopic (exact) mass is 1130 g/mol. The van der Waals surface area contributed by atoms with Crippen molar-refractivity contribution < 1.29 is 57.4 Å². The molecule has 27 heteroatoms. The van der Waals surface area contributed by atoms with E-state index in [1.165, 1.54) is 60.5 Å². The van der Waals surface area contributed by atoms with Crippen molar-refractivity contribution >= 4 is 116 Å². The topological polar surface area (TPSA) is 302 Å². The van der Waals surface area contributed by atoms with E-state index in [0.29, 0.717) is 21.6 Å². The zero-order valence-corrected chi connectivity index (χ0v) is 47.2. The van der Waals surface area contributed by atoms with Crippen LogP contribution in [0.2, 0.25) is 5.02 Å². The second kappa shape index (κ2) is 26.0. The summed E-state index contributed by atoms with van der Waals surface area (Å²) >= 11 is 8.32. The largest absolute Gasteiger partial charge is 0.461 e. The lowest BCUT2D eigenvalue weighted by Crippen LogP contribution is -2.60. The minimum Gasteiger partial charge on any atom is -0.461 e. The number of nitrogens with one attached hydrogen (secondary N) is 4. The molecule has 418 valence electrons. The normalized spacial score (nSPS) is 25.2. The molecule has 0 spiro atoms. The van der Waals surface area contributed by atoms with Gasteiger partial charge in [-0.2, -0.15) is 0 Å². The zero-order chi connectivity index (χ0) is 57.4. The van der Waals surface area contributed by atoms with Crippen LogP contribution in [0, 0.1) is 11.8 Å². The van der Waals surface area contributed by atoms with Gasteiger partial charge in [-0.1, -0.05) is 51.4 Å². The van der Waals surface area contributed by atoms with Crippen LogP contribution in [0.4, 0.5) is 0 Å². The van der Waals surface area contributed by atoms with Gasteiger partial charge in [-0.15, -0.1) is 23.5 Å². The number of cyclic esters (lactones) is 2. The highest BCUT2D eigenvalue weighted by Crippen LogP contribution is 2.32. The molecule has 2 fully saturated rings. The van der Waals surface area contributed by atoms with E-state index in [9.17, 15) is 38.4 Å². The number of carbonyl (C=O) groups excluding carboxylic acids is 10. The van der Waals surface area contributed by atoms with Crippen LogP contribution in [-0.2, 0) is 47.8 Å². The number of hydrogen-bond acceptors (Lipinski definition) is 18. The van der Waals surface area contributed by atoms with E-state index in [1.54, 1.807) is 70.3 Å². The number of fused-ring (bicyclic) bond motifs is 6. The number of thioether (sulfide) groups is 2. The number of aromatic nitrogens is 4. The van der Waals surface area contributed by atoms with Crippen LogP contribution in [-0.4, -0.2) is 205 Å². The molecule has 24 nitrogen and oxygen atoms in total. The number of rotatable bonds is 7. The van der Waals surface area contributed by atoms with Crippen molar-refractivity contribution in [3.8, 4) is 0 Å². The predicted octanol–water partition coefficient (Wildman–Crippen LogP) is 1.29. The highest BCUT2D eigenvalue weighted by Gasteiger charge is 2.45. The maximum absolute atomic E-state index is 15.2. The lowest BCUT2D eigenvalue weighted by Gasteiger charge is -2.40. The number of carbonyl (C=O) groups is 10. The number of likely N-dealkylation sites (N-methyl/N-ethyl adjacent to an activating group) is 4. The maximum Gasteiger partial charge on any atom is 0.329 e. The molecular weight excluding hydrogens is 1070 g/mol. The van der Waals surface area contributed by atoms with E-state index in [-0.39, 0.29) is 22.7 Å². The van der Waals surface area contributed by atoms with Gasteiger partial charge in [-0.25, -0.2) is 19.6 Å². The molecule has 78 heavy (non-hydrogen) atoms. The molecule has 9 atom stereocenters. The summed E-state index contributed by atoms with van der Waals surface area (Å²) in [6.45, 7) is 7.63. The smallest absolute Gasteiger partial charge is 0.329 e. The number of benzene rings is 2. The van der Waals surface area contributed by atoms with Crippen LogP contribution >= 0.6 is 35.1 Å². The van der Waals surface area contributed by atoms with E-state index in [2.05, 4.69) is 41.2 Å². The molecule has 0 radical (unpaired) electrons. The molecule has 2 saturated heterocycles. The second-order valence-electron chi connectivity index (χ2n) is 19.5. The molecule has 2 aromatic heterocycles. The molecular formula is C51H63ClN12O12S2. The van der Waals surface area contributed by atoms with Gasteiger partial charge in [0.25, 0.3) is 11.8 Å². The third-order valence-corrected chi connectivity index (χ3v) is 16.2. The maximum atomic E-state index is 15.2. The van der Waals surface area contributed by atoms with E-state index in [0.717, 1.165) is 43.1 Å². The Labute approximate surface area is 463 Å². The number of para-hydroxylation sites is 2. The predicted molar refractivity (Wildman–Crippen MR) is 289 cm³/mol. The van der Waals surface area contributed by atoms with Gasteiger partial charge in [0.15, 0.2) is 0 Å². The van der Waals surface area contributed by atoms with Crippen LogP contribution in [0.25, 0.3) is 22.1 Å². The van der Waals surface area contributed by atoms with Gasteiger partial charge in [-0.05, 0) is 62.3 Å². The fraction of sp³-hybridized carbons (Fsp3) is 0.490. The molecule has 4 heterocycles. The molecule has 2 aromatic carbocycles. The third-order valence-electron chi connectivity index (χ3n) is 13.2. The molecule has 6 rings (SSSR count). The summed E-state index contributed by atoms with van der Waals surface area (Å²) in [5, 5.41) is 10.5. The molecule has 0 saturated carbocycles. The third kappa shape index (κ3) is 13.7. The Balaban J connectivity index is 1.43. The van der Waals surface area contributed by atoms with Crippen molar-refractivity contribution in [3.05, 3.63) is 71.3 Å². The van der Waals surface area contributed by atoms with Gasteiger partial charge in [0, 0.05) is 39.0 Å². The Morgan fingerprint density at radius 3 is 1.62 bits per heavy atom. The van der Waals surface area contributed by atoms with Gasteiger partial charge >= 0.3 is 11.9 Å². The number of ether oxygens (including phenoxy) is 2. The molecule has 2 aliphatic rings. The Morgan fingerprint density at radius 2 is 1.12 bits per heavy atom. The zero-order valence-electron chi connectivity index (χ0n) is 44.8. The summed E-state index contributed by atoms with van der Waals surface area (Å²) < 4.78 is 10.5. The van der Waals surface area contributed by atoms with Crippen molar-refractivity contribution in [3.63, 3.8) is 0 Å². The summed E-state index contributed by atoms with van der Waals surface area (Å²) in [7, 11) is 5.30. The standard InChI is InChI=1S/C51H63ClN12O12S2/c1-24(2)38-49(73)75-21-36(60-42(66)34-20-54-30-17-16-28(52)18-32(30)58-34)44(68)56-27(6)46(70)64(10)40-48(72)63(9)39(25(3)4)50(74)76-22-35(59-41(65)33-19-53-29-14-12-13-15-31(29)57-33)43(67)55-26(5)45(69)61(7)37(47(71)62(38)8)23-78-51(40)77-11/h12-20,24-27,35-40,51H,21-23H2,1-11H3,(H,55,67)(H,56,68)(H,59,65)(H,60,66). The first kappa shape index (κ1) is 60.0. The van der Waals surface area contributed by atoms with Crippen molar-refractivity contribution in [1.82, 2.24) is 60.8 Å². The van der Waals surface area contributed by atoms with Gasteiger partial charge in [0.1, 0.15) is 72.9 Å². The van der Waals surface area contributed by atoms with Crippen LogP contribution in [0.3, 0.4) is 0 Å². The average Bonchev–Trinajstić information content (AvgIpc) is 3.42. The quantitative estimate of drug-likeness (QED) is 0.190. The fourth-order valence-corrected chi connectivity index (χ4v) is 11.6. The number of amides is 8. The van der Waals surface area contributed by atoms with Gasteiger partial charge < -0.3 is 50.3 Å².